The molecule has 0 atom stereocenters. The summed E-state index contributed by atoms with van der Waals surface area (Å²) in [5.74, 6) is -0.0442. The lowest BCUT2D eigenvalue weighted by molar-refractivity contribution is 0.0784. The van der Waals surface area contributed by atoms with E-state index in [0.717, 1.165) is 17.7 Å². The summed E-state index contributed by atoms with van der Waals surface area (Å²) in [6.07, 6.45) is 0.752. The molecule has 21 heavy (non-hydrogen) atoms. The first-order valence-electron chi connectivity index (χ1n) is 6.97. The molecule has 3 nitrogen and oxygen atoms in total. The fraction of sp³-hybridized carbons (Fsp3) is 0.294. The highest BCUT2D eigenvalue weighted by Gasteiger charge is 2.14. The number of carbonyl (C=O) groups excluding carboxylic acids is 1. The maximum Gasteiger partial charge on any atom is 0.254 e. The third-order valence-corrected chi connectivity index (χ3v) is 3.67. The Morgan fingerprint density at radius 3 is 2.67 bits per heavy atom. The van der Waals surface area contributed by atoms with Gasteiger partial charge < -0.3 is 4.90 Å². The molecule has 0 N–H and O–H groups in total. The van der Waals surface area contributed by atoms with Crippen LogP contribution in [-0.4, -0.2) is 22.8 Å². The number of hydrogen-bond donors (Lipinski definition) is 0. The highest BCUT2D eigenvalue weighted by Crippen LogP contribution is 2.15. The van der Waals surface area contributed by atoms with Gasteiger partial charge in [-0.2, -0.15) is 0 Å². The Hall–Kier alpha value is -1.87. The van der Waals surface area contributed by atoms with Crippen LogP contribution in [0.15, 0.2) is 36.4 Å². The number of nitrogens with zero attached hydrogens (tertiary/aromatic N) is 2. The number of halogens is 1. The monoisotopic (exact) mass is 302 g/mol. The minimum Gasteiger partial charge on any atom is -0.337 e. The summed E-state index contributed by atoms with van der Waals surface area (Å²) in [5, 5.41) is 0.363. The summed E-state index contributed by atoms with van der Waals surface area (Å²) in [6, 6.07) is 11.5. The molecule has 0 aliphatic rings. The minimum atomic E-state index is -0.0442. The van der Waals surface area contributed by atoms with Crippen molar-refractivity contribution in [3.05, 3.63) is 63.9 Å². The number of carbonyl (C=O) groups is 1. The Labute approximate surface area is 130 Å². The molecular weight excluding hydrogens is 284 g/mol. The second-order valence-electron chi connectivity index (χ2n) is 5.11. The van der Waals surface area contributed by atoms with E-state index in [-0.39, 0.29) is 5.91 Å². The average molecular weight is 303 g/mol. The topological polar surface area (TPSA) is 33.2 Å². The summed E-state index contributed by atoms with van der Waals surface area (Å²) in [4.78, 5) is 18.4. The number of aryl methyl sites for hydroxylation is 2. The molecule has 0 fully saturated rings. The van der Waals surface area contributed by atoms with Crippen molar-refractivity contribution in [1.29, 1.82) is 0 Å². The van der Waals surface area contributed by atoms with Crippen molar-refractivity contribution >= 4 is 17.5 Å². The van der Waals surface area contributed by atoms with Gasteiger partial charge >= 0.3 is 0 Å². The Bertz CT molecular complexity index is 655. The molecule has 0 radical (unpaired) electrons. The van der Waals surface area contributed by atoms with Crippen molar-refractivity contribution in [2.75, 3.05) is 7.05 Å². The third-order valence-electron chi connectivity index (χ3n) is 3.47. The second-order valence-corrected chi connectivity index (χ2v) is 5.50. The zero-order valence-corrected chi connectivity index (χ0v) is 13.3. The van der Waals surface area contributed by atoms with Gasteiger partial charge in [0.25, 0.3) is 5.91 Å². The quantitative estimate of drug-likeness (QED) is 0.803. The van der Waals surface area contributed by atoms with Crippen LogP contribution in [0.2, 0.25) is 5.15 Å². The molecule has 2 aromatic rings. The van der Waals surface area contributed by atoms with Gasteiger partial charge in [0.05, 0.1) is 0 Å². The van der Waals surface area contributed by atoms with Crippen molar-refractivity contribution in [1.82, 2.24) is 9.88 Å². The third kappa shape index (κ3) is 3.82. The van der Waals surface area contributed by atoms with Crippen LogP contribution in [-0.2, 0) is 13.0 Å². The molecule has 0 aliphatic heterocycles. The molecule has 2 rings (SSSR count). The molecule has 0 aliphatic carbocycles. The van der Waals surface area contributed by atoms with Crippen LogP contribution in [0.5, 0.6) is 0 Å². The van der Waals surface area contributed by atoms with Gasteiger partial charge in [0.2, 0.25) is 0 Å². The van der Waals surface area contributed by atoms with E-state index in [1.165, 1.54) is 5.56 Å². The highest BCUT2D eigenvalue weighted by atomic mass is 35.5. The van der Waals surface area contributed by atoms with Crippen LogP contribution < -0.4 is 0 Å². The van der Waals surface area contributed by atoms with Crippen LogP contribution in [0.1, 0.15) is 34.1 Å². The Balaban J connectivity index is 2.20. The molecule has 0 saturated heterocycles. The fourth-order valence-electron chi connectivity index (χ4n) is 2.19. The van der Waals surface area contributed by atoms with Gasteiger partial charge in [0, 0.05) is 24.8 Å². The number of amides is 1. The van der Waals surface area contributed by atoms with Crippen molar-refractivity contribution in [3.8, 4) is 0 Å². The maximum absolute atomic E-state index is 12.5. The summed E-state index contributed by atoms with van der Waals surface area (Å²) in [5.41, 5.74) is 3.74. The molecule has 1 heterocycles. The average Bonchev–Trinajstić information content (AvgIpc) is 2.48. The van der Waals surface area contributed by atoms with E-state index in [2.05, 4.69) is 4.98 Å². The Morgan fingerprint density at radius 2 is 2.00 bits per heavy atom. The van der Waals surface area contributed by atoms with Crippen molar-refractivity contribution in [2.45, 2.75) is 26.8 Å². The first kappa shape index (κ1) is 15.5. The van der Waals surface area contributed by atoms with Gasteiger partial charge in [-0.05, 0) is 36.6 Å². The number of hydrogen-bond acceptors (Lipinski definition) is 2. The molecular formula is C17H19ClN2O. The van der Waals surface area contributed by atoms with Gasteiger partial charge in [-0.25, -0.2) is 4.98 Å². The lowest BCUT2D eigenvalue weighted by Crippen LogP contribution is -2.26. The SMILES string of the molecule is CCc1cc(C(=O)N(C)Cc2ccccc2C)cc(Cl)n1. The maximum atomic E-state index is 12.5. The molecule has 0 spiro atoms. The van der Waals surface area contributed by atoms with Gasteiger partial charge in [-0.15, -0.1) is 0 Å². The van der Waals surface area contributed by atoms with E-state index in [9.17, 15) is 4.79 Å². The molecule has 0 bridgehead atoms. The Kier molecular flexibility index (Phi) is 4.97. The summed E-state index contributed by atoms with van der Waals surface area (Å²) < 4.78 is 0. The van der Waals surface area contributed by atoms with E-state index < -0.39 is 0 Å². The summed E-state index contributed by atoms with van der Waals surface area (Å²) >= 11 is 5.98. The van der Waals surface area contributed by atoms with Crippen LogP contribution >= 0.6 is 11.6 Å². The standard InChI is InChI=1S/C17H19ClN2O/c1-4-15-9-14(10-16(18)19-15)17(21)20(3)11-13-8-6-5-7-12(13)2/h5-10H,4,11H2,1-3H3. The zero-order chi connectivity index (χ0) is 15.4. The second kappa shape index (κ2) is 6.72. The normalized spacial score (nSPS) is 10.5. The molecule has 110 valence electrons. The van der Waals surface area contributed by atoms with E-state index >= 15 is 0 Å². The van der Waals surface area contributed by atoms with Crippen LogP contribution in [0.4, 0.5) is 0 Å². The van der Waals surface area contributed by atoms with Crippen LogP contribution in [0, 0.1) is 6.92 Å². The van der Waals surface area contributed by atoms with Gasteiger partial charge in [0.15, 0.2) is 0 Å². The van der Waals surface area contributed by atoms with Gasteiger partial charge in [0.1, 0.15) is 5.15 Å². The number of pyridine rings is 1. The lowest BCUT2D eigenvalue weighted by atomic mass is 10.1. The Morgan fingerprint density at radius 1 is 1.29 bits per heavy atom. The molecule has 1 aromatic carbocycles. The molecule has 4 heteroatoms. The van der Waals surface area contributed by atoms with Crippen molar-refractivity contribution < 1.29 is 4.79 Å². The number of aromatic nitrogens is 1. The predicted octanol–water partition coefficient (Wildman–Crippen LogP) is 3.88. The molecule has 0 saturated carbocycles. The molecule has 0 unspecified atom stereocenters. The molecule has 1 aromatic heterocycles. The highest BCUT2D eigenvalue weighted by molar-refractivity contribution is 6.29. The van der Waals surface area contributed by atoms with Crippen LogP contribution in [0.25, 0.3) is 0 Å². The molecule has 1 amide bonds. The van der Waals surface area contributed by atoms with Crippen molar-refractivity contribution in [3.63, 3.8) is 0 Å². The predicted molar refractivity (Wildman–Crippen MR) is 85.6 cm³/mol. The van der Waals surface area contributed by atoms with E-state index in [4.69, 9.17) is 11.6 Å². The van der Waals surface area contributed by atoms with Gasteiger partial charge in [-0.3, -0.25) is 4.79 Å². The van der Waals surface area contributed by atoms with Crippen LogP contribution in [0.3, 0.4) is 0 Å². The van der Waals surface area contributed by atoms with E-state index in [1.807, 2.05) is 44.2 Å². The number of rotatable bonds is 4. The van der Waals surface area contributed by atoms with E-state index in [1.54, 1.807) is 18.0 Å². The number of benzene rings is 1. The zero-order valence-electron chi connectivity index (χ0n) is 12.6. The van der Waals surface area contributed by atoms with Gasteiger partial charge in [-0.1, -0.05) is 42.8 Å². The van der Waals surface area contributed by atoms with Crippen molar-refractivity contribution in [2.24, 2.45) is 0 Å². The smallest absolute Gasteiger partial charge is 0.254 e. The lowest BCUT2D eigenvalue weighted by Gasteiger charge is -2.19. The summed E-state index contributed by atoms with van der Waals surface area (Å²) in [7, 11) is 1.80. The van der Waals surface area contributed by atoms with E-state index in [0.29, 0.717) is 17.3 Å². The first-order chi connectivity index (χ1) is 10.0. The largest absolute Gasteiger partial charge is 0.337 e. The minimum absolute atomic E-state index is 0.0442. The summed E-state index contributed by atoms with van der Waals surface area (Å²) in [6.45, 7) is 4.61. The first-order valence-corrected chi connectivity index (χ1v) is 7.35. The fourth-order valence-corrected chi connectivity index (χ4v) is 2.42.